The Hall–Kier alpha value is -1.55. The normalized spacial score (nSPS) is 33.4. The standard InChI is InChI=1S/C16H25N3O13P2/c1-7-5-19(16(23)18-15(7)22)12-4-10(20)11(30-12)6-28-33(24,25)32-34(26,27)31-13-3-9(17)14(21)8(2)29-13/h5,8-13,20H,3-4,6,17H2,1-2H3,(H,24,25)(H,26,27)(H,18,22,23)/p-1/t8-,9-,10+,11-,12-,13-/m1/s1. The second kappa shape index (κ2) is 10.2. The number of rotatable bonds is 8. The molecule has 0 aromatic carbocycles. The van der Waals surface area contributed by atoms with Crippen molar-refractivity contribution in [1.29, 1.82) is 0 Å². The Morgan fingerprint density at radius 1 is 1.24 bits per heavy atom. The minimum atomic E-state index is -5.51. The van der Waals surface area contributed by atoms with Crippen LogP contribution in [0.3, 0.4) is 0 Å². The van der Waals surface area contributed by atoms with Crippen LogP contribution in [-0.2, 0) is 36.8 Å². The number of Topliss-reactive ketones (excluding diaryl/α,β-unsaturated/α-hetero) is 1. The van der Waals surface area contributed by atoms with Crippen LogP contribution in [0, 0.1) is 6.92 Å². The number of aliphatic hydroxyl groups is 1. The van der Waals surface area contributed by atoms with Crippen molar-refractivity contribution in [2.75, 3.05) is 6.61 Å². The fourth-order valence-corrected chi connectivity index (χ4v) is 5.48. The summed E-state index contributed by atoms with van der Waals surface area (Å²) in [6, 6.07) is -0.822. The molecular formula is C16H24N3O13P2-. The quantitative estimate of drug-likeness (QED) is 0.282. The third-order valence-electron chi connectivity index (χ3n) is 5.14. The van der Waals surface area contributed by atoms with Crippen LogP contribution >= 0.6 is 15.6 Å². The number of carbonyl (C=O) groups is 1. The Labute approximate surface area is 191 Å². The number of quaternary nitrogens is 1. The van der Waals surface area contributed by atoms with E-state index in [1.54, 1.807) is 0 Å². The van der Waals surface area contributed by atoms with Gasteiger partial charge in [0.25, 0.3) is 21.2 Å². The monoisotopic (exact) mass is 528 g/mol. The van der Waals surface area contributed by atoms with E-state index >= 15 is 0 Å². The van der Waals surface area contributed by atoms with Gasteiger partial charge in [0.2, 0.25) is 5.78 Å². The Kier molecular flexibility index (Phi) is 8.12. The Morgan fingerprint density at radius 2 is 1.91 bits per heavy atom. The van der Waals surface area contributed by atoms with E-state index < -0.39 is 70.4 Å². The average molecular weight is 528 g/mol. The summed E-state index contributed by atoms with van der Waals surface area (Å²) in [7, 11) is -11.0. The van der Waals surface area contributed by atoms with Gasteiger partial charge in [0, 0.05) is 18.2 Å². The molecule has 18 heteroatoms. The predicted molar refractivity (Wildman–Crippen MR) is 105 cm³/mol. The maximum Gasteiger partial charge on any atom is 0.330 e. The summed E-state index contributed by atoms with van der Waals surface area (Å²) in [6.07, 6.45) is -5.28. The first-order chi connectivity index (χ1) is 15.7. The molecule has 0 spiro atoms. The molecular weight excluding hydrogens is 504 g/mol. The Balaban J connectivity index is 1.57. The average Bonchev–Trinajstić information content (AvgIpc) is 3.06. The van der Waals surface area contributed by atoms with Crippen LogP contribution in [-0.4, -0.2) is 57.7 Å². The highest BCUT2D eigenvalue weighted by molar-refractivity contribution is 7.59. The lowest BCUT2D eigenvalue weighted by molar-refractivity contribution is -0.419. The van der Waals surface area contributed by atoms with E-state index in [0.717, 1.165) is 4.57 Å². The lowest BCUT2D eigenvalue weighted by atomic mass is 10.0. The molecule has 0 bridgehead atoms. The molecule has 2 aliphatic rings. The van der Waals surface area contributed by atoms with Gasteiger partial charge in [0.15, 0.2) is 12.3 Å². The first-order valence-electron chi connectivity index (χ1n) is 10.0. The lowest BCUT2D eigenvalue weighted by Gasteiger charge is -2.35. The van der Waals surface area contributed by atoms with Crippen LogP contribution in [0.25, 0.3) is 0 Å². The second-order valence-corrected chi connectivity index (χ2v) is 10.7. The Morgan fingerprint density at radius 3 is 2.56 bits per heavy atom. The van der Waals surface area contributed by atoms with Crippen LogP contribution in [0.15, 0.2) is 15.8 Å². The largest absolute Gasteiger partial charge is 0.756 e. The first-order valence-corrected chi connectivity index (χ1v) is 12.9. The molecule has 3 rings (SSSR count). The summed E-state index contributed by atoms with van der Waals surface area (Å²) in [6.45, 7) is 1.96. The van der Waals surface area contributed by atoms with E-state index in [1.807, 2.05) is 0 Å². The number of hydrogen-bond donors (Lipinski definition) is 3. The number of aliphatic hydroxyl groups excluding tert-OH is 1. The van der Waals surface area contributed by atoms with Gasteiger partial charge in [0.05, 0.1) is 19.1 Å². The molecule has 16 nitrogen and oxygen atoms in total. The number of aryl methyl sites for hydroxylation is 1. The number of carbonyl (C=O) groups excluding carboxylic acids is 1. The van der Waals surface area contributed by atoms with E-state index in [4.69, 9.17) is 9.47 Å². The van der Waals surface area contributed by atoms with Crippen LogP contribution in [0.4, 0.5) is 0 Å². The summed E-state index contributed by atoms with van der Waals surface area (Å²) >= 11 is 0. The molecule has 3 heterocycles. The van der Waals surface area contributed by atoms with E-state index in [0.29, 0.717) is 0 Å². The Bertz CT molecular complexity index is 1120. The second-order valence-electron chi connectivity index (χ2n) is 7.83. The van der Waals surface area contributed by atoms with Crippen molar-refractivity contribution in [2.45, 2.75) is 63.6 Å². The van der Waals surface area contributed by atoms with Crippen molar-refractivity contribution < 1.29 is 57.4 Å². The number of aromatic nitrogens is 2. The smallest absolute Gasteiger partial charge is 0.330 e. The molecule has 0 amide bonds. The van der Waals surface area contributed by atoms with Crippen molar-refractivity contribution >= 4 is 21.4 Å². The van der Waals surface area contributed by atoms with Gasteiger partial charge < -0.3 is 34.6 Å². The maximum absolute atomic E-state index is 12.0. The minimum absolute atomic E-state index is 0.144. The third kappa shape index (κ3) is 6.56. The van der Waals surface area contributed by atoms with Gasteiger partial charge in [0.1, 0.15) is 18.4 Å². The van der Waals surface area contributed by atoms with Crippen LogP contribution in [0.5, 0.6) is 0 Å². The molecule has 2 aliphatic heterocycles. The van der Waals surface area contributed by atoms with Crippen molar-refractivity contribution in [3.63, 3.8) is 0 Å². The number of phosphoric acid groups is 2. The zero-order chi connectivity index (χ0) is 25.4. The van der Waals surface area contributed by atoms with Gasteiger partial charge >= 0.3 is 5.69 Å². The zero-order valence-electron chi connectivity index (χ0n) is 18.1. The zero-order valence-corrected chi connectivity index (χ0v) is 19.8. The van der Waals surface area contributed by atoms with E-state index in [-0.39, 0.29) is 24.2 Å². The van der Waals surface area contributed by atoms with Crippen molar-refractivity contribution in [3.8, 4) is 0 Å². The number of H-pyrrole nitrogens is 1. The molecule has 1 aromatic rings. The van der Waals surface area contributed by atoms with Crippen molar-refractivity contribution in [2.24, 2.45) is 0 Å². The number of nitrogens with zero attached hydrogens (tertiary/aromatic N) is 1. The number of ether oxygens (including phenoxy) is 2. The number of hydrogen-bond acceptors (Lipinski definition) is 13. The summed E-state index contributed by atoms with van der Waals surface area (Å²) < 4.78 is 48.6. The van der Waals surface area contributed by atoms with Gasteiger partial charge in [-0.15, -0.1) is 0 Å². The van der Waals surface area contributed by atoms with E-state index in [9.17, 15) is 38.4 Å². The molecule has 2 saturated heterocycles. The molecule has 2 unspecified atom stereocenters. The highest BCUT2D eigenvalue weighted by Crippen LogP contribution is 2.56. The fourth-order valence-electron chi connectivity index (χ4n) is 3.41. The van der Waals surface area contributed by atoms with Crippen LogP contribution in [0.2, 0.25) is 0 Å². The molecule has 2 fully saturated rings. The number of aromatic amines is 1. The number of ketones is 1. The number of phosphoric ester groups is 2. The van der Waals surface area contributed by atoms with Crippen LogP contribution < -0.4 is 26.8 Å². The highest BCUT2D eigenvalue weighted by atomic mass is 31.3. The predicted octanol–water partition coefficient (Wildman–Crippen LogP) is -3.21. The molecule has 34 heavy (non-hydrogen) atoms. The van der Waals surface area contributed by atoms with E-state index in [2.05, 4.69) is 24.1 Å². The summed E-state index contributed by atoms with van der Waals surface area (Å²) in [4.78, 5) is 61.2. The van der Waals surface area contributed by atoms with Gasteiger partial charge in [-0.1, -0.05) is 0 Å². The van der Waals surface area contributed by atoms with Gasteiger partial charge in [-0.05, 0) is 13.8 Å². The molecule has 0 aliphatic carbocycles. The minimum Gasteiger partial charge on any atom is -0.756 e. The molecule has 5 N–H and O–H groups in total. The van der Waals surface area contributed by atoms with E-state index in [1.165, 1.54) is 20.0 Å². The van der Waals surface area contributed by atoms with Crippen molar-refractivity contribution in [3.05, 3.63) is 32.6 Å². The topological polar surface area (TPSA) is 246 Å². The van der Waals surface area contributed by atoms with Gasteiger partial charge in [-0.2, -0.15) is 0 Å². The molecule has 8 atom stereocenters. The molecule has 0 radical (unpaired) electrons. The fraction of sp³-hybridized carbons (Fsp3) is 0.688. The summed E-state index contributed by atoms with van der Waals surface area (Å²) in [5.74, 6) is -0.368. The van der Waals surface area contributed by atoms with Crippen molar-refractivity contribution in [1.82, 2.24) is 9.55 Å². The van der Waals surface area contributed by atoms with Crippen LogP contribution in [0.1, 0.15) is 31.6 Å². The third-order valence-corrected chi connectivity index (χ3v) is 7.70. The molecule has 192 valence electrons. The SMILES string of the molecule is Cc1cn([C@H]2C[C@H](O)[C@@H](COP(=O)([O-])OP(=O)([O-])O[C@@H]3C[C@@H]([NH3+])C(=O)[C@@H](C)O3)O2)c(=O)[nH]c1=O. The van der Waals surface area contributed by atoms with Gasteiger partial charge in [-0.3, -0.25) is 32.8 Å². The van der Waals surface area contributed by atoms with Gasteiger partial charge in [-0.25, -0.2) is 9.11 Å². The summed E-state index contributed by atoms with van der Waals surface area (Å²) in [5.41, 5.74) is 2.35. The maximum atomic E-state index is 12.0. The number of nitrogens with one attached hydrogen (secondary N) is 1. The molecule has 0 saturated carbocycles. The first kappa shape index (κ1) is 27.0. The molecule has 1 aromatic heterocycles. The summed E-state index contributed by atoms with van der Waals surface area (Å²) in [5, 5.41) is 10.1. The lowest BCUT2D eigenvalue weighted by Crippen LogP contribution is -2.70. The highest BCUT2D eigenvalue weighted by Gasteiger charge is 2.39.